The highest BCUT2D eigenvalue weighted by Crippen LogP contribution is 2.18. The Hall–Kier alpha value is -1.91. The minimum absolute atomic E-state index is 0.740. The van der Waals surface area contributed by atoms with E-state index in [0.29, 0.717) is 0 Å². The molecule has 0 bridgehead atoms. The lowest BCUT2D eigenvalue weighted by Crippen LogP contribution is -2.07. The van der Waals surface area contributed by atoms with Crippen LogP contribution >= 0.6 is 0 Å². The molecule has 5 nitrogen and oxygen atoms in total. The minimum atomic E-state index is 0.740. The van der Waals surface area contributed by atoms with Gasteiger partial charge in [0.15, 0.2) is 5.82 Å². The third kappa shape index (κ3) is 3.30. The topological polar surface area (TPSA) is 55.6 Å². The molecular formula is C14H21N5. The molecule has 0 atom stereocenters. The lowest BCUT2D eigenvalue weighted by Gasteiger charge is -2.09. The van der Waals surface area contributed by atoms with Crippen LogP contribution < -0.4 is 5.32 Å². The van der Waals surface area contributed by atoms with Gasteiger partial charge >= 0.3 is 0 Å². The third-order valence-electron chi connectivity index (χ3n) is 2.79. The lowest BCUT2D eigenvalue weighted by atomic mass is 10.3. The minimum Gasteiger partial charge on any atom is -0.370 e. The largest absolute Gasteiger partial charge is 0.370 e. The summed E-state index contributed by atoms with van der Waals surface area (Å²) in [5.74, 6) is 1.62. The van der Waals surface area contributed by atoms with Crippen LogP contribution in [0.5, 0.6) is 0 Å². The van der Waals surface area contributed by atoms with Crippen molar-refractivity contribution >= 4 is 5.82 Å². The molecule has 2 aromatic heterocycles. The zero-order valence-electron chi connectivity index (χ0n) is 11.8. The Morgan fingerprint density at radius 2 is 2.05 bits per heavy atom. The fraction of sp³-hybridized carbons (Fsp3) is 0.500. The first-order valence-electron chi connectivity index (χ1n) is 6.86. The van der Waals surface area contributed by atoms with Gasteiger partial charge in [-0.2, -0.15) is 5.10 Å². The summed E-state index contributed by atoms with van der Waals surface area (Å²) in [6, 6.07) is 3.94. The molecule has 0 aliphatic carbocycles. The highest BCUT2D eigenvalue weighted by atomic mass is 15.3. The zero-order chi connectivity index (χ0) is 13.7. The summed E-state index contributed by atoms with van der Waals surface area (Å²) in [5, 5.41) is 7.63. The summed E-state index contributed by atoms with van der Waals surface area (Å²) >= 11 is 0. The van der Waals surface area contributed by atoms with Gasteiger partial charge in [-0.15, -0.1) is 0 Å². The highest BCUT2D eigenvalue weighted by molar-refractivity contribution is 5.53. The molecule has 0 spiro atoms. The van der Waals surface area contributed by atoms with E-state index in [9.17, 15) is 0 Å². The number of hydrogen-bond donors (Lipinski definition) is 1. The monoisotopic (exact) mass is 259 g/mol. The van der Waals surface area contributed by atoms with Gasteiger partial charge in [-0.05, 0) is 25.8 Å². The molecule has 0 fully saturated rings. The first kappa shape index (κ1) is 13.5. The standard InChI is InChI=1S/C14H21N5/c1-4-7-15-13-10-11(3)17-14(18-13)12-6-8-16-19(12)9-5-2/h6,8,10H,4-5,7,9H2,1-3H3,(H,15,17,18). The molecule has 0 radical (unpaired) electrons. The first-order chi connectivity index (χ1) is 9.24. The molecule has 2 aromatic rings. The van der Waals surface area contributed by atoms with Gasteiger partial charge < -0.3 is 5.32 Å². The van der Waals surface area contributed by atoms with Gasteiger partial charge in [0.05, 0.1) is 0 Å². The van der Waals surface area contributed by atoms with E-state index in [-0.39, 0.29) is 0 Å². The number of aryl methyl sites for hydroxylation is 2. The molecule has 19 heavy (non-hydrogen) atoms. The summed E-state index contributed by atoms with van der Waals surface area (Å²) in [5.41, 5.74) is 1.94. The number of hydrogen-bond acceptors (Lipinski definition) is 4. The zero-order valence-corrected chi connectivity index (χ0v) is 11.8. The van der Waals surface area contributed by atoms with Crippen LogP contribution in [0.2, 0.25) is 0 Å². The second-order valence-corrected chi connectivity index (χ2v) is 4.58. The molecular weight excluding hydrogens is 238 g/mol. The van der Waals surface area contributed by atoms with E-state index < -0.39 is 0 Å². The van der Waals surface area contributed by atoms with Crippen molar-refractivity contribution in [3.8, 4) is 11.5 Å². The summed E-state index contributed by atoms with van der Waals surface area (Å²) in [6.45, 7) is 8.07. The molecule has 0 unspecified atom stereocenters. The van der Waals surface area contributed by atoms with E-state index in [2.05, 4.69) is 34.2 Å². The van der Waals surface area contributed by atoms with Crippen molar-refractivity contribution in [3.63, 3.8) is 0 Å². The summed E-state index contributed by atoms with van der Waals surface area (Å²) in [4.78, 5) is 9.09. The Kier molecular flexibility index (Phi) is 4.49. The molecule has 0 aliphatic rings. The van der Waals surface area contributed by atoms with Crippen molar-refractivity contribution < 1.29 is 0 Å². The summed E-state index contributed by atoms with van der Waals surface area (Å²) in [7, 11) is 0. The molecule has 2 rings (SSSR count). The van der Waals surface area contributed by atoms with Crippen LogP contribution in [-0.2, 0) is 6.54 Å². The number of nitrogens with zero attached hydrogens (tertiary/aromatic N) is 4. The first-order valence-corrected chi connectivity index (χ1v) is 6.86. The van der Waals surface area contributed by atoms with E-state index in [4.69, 9.17) is 0 Å². The number of nitrogens with one attached hydrogen (secondary N) is 1. The number of anilines is 1. The van der Waals surface area contributed by atoms with E-state index >= 15 is 0 Å². The van der Waals surface area contributed by atoms with Crippen LogP contribution in [0.25, 0.3) is 11.5 Å². The Morgan fingerprint density at radius 3 is 2.79 bits per heavy atom. The normalized spacial score (nSPS) is 10.7. The molecule has 5 heteroatoms. The predicted molar refractivity (Wildman–Crippen MR) is 77.1 cm³/mol. The Balaban J connectivity index is 2.32. The second kappa shape index (κ2) is 6.31. The third-order valence-corrected chi connectivity index (χ3v) is 2.79. The average molecular weight is 259 g/mol. The Bertz CT molecular complexity index is 532. The van der Waals surface area contributed by atoms with Gasteiger partial charge in [0, 0.05) is 31.0 Å². The van der Waals surface area contributed by atoms with Crippen molar-refractivity contribution in [2.75, 3.05) is 11.9 Å². The van der Waals surface area contributed by atoms with E-state index in [1.807, 2.05) is 23.7 Å². The smallest absolute Gasteiger partial charge is 0.180 e. The average Bonchev–Trinajstić information content (AvgIpc) is 2.84. The molecule has 102 valence electrons. The van der Waals surface area contributed by atoms with Crippen LogP contribution in [0.4, 0.5) is 5.82 Å². The van der Waals surface area contributed by atoms with E-state index in [0.717, 1.165) is 49.0 Å². The number of aromatic nitrogens is 4. The molecule has 0 aliphatic heterocycles. The molecule has 0 saturated heterocycles. The van der Waals surface area contributed by atoms with Crippen molar-refractivity contribution in [1.29, 1.82) is 0 Å². The molecule has 0 amide bonds. The van der Waals surface area contributed by atoms with Crippen molar-refractivity contribution in [2.45, 2.75) is 40.2 Å². The van der Waals surface area contributed by atoms with Crippen LogP contribution in [0, 0.1) is 6.92 Å². The van der Waals surface area contributed by atoms with Gasteiger partial charge in [-0.3, -0.25) is 4.68 Å². The maximum absolute atomic E-state index is 4.57. The second-order valence-electron chi connectivity index (χ2n) is 4.58. The van der Waals surface area contributed by atoms with Crippen LogP contribution in [0.3, 0.4) is 0 Å². The van der Waals surface area contributed by atoms with Crippen molar-refractivity contribution in [3.05, 3.63) is 24.0 Å². The fourth-order valence-electron chi connectivity index (χ4n) is 1.94. The molecule has 1 N–H and O–H groups in total. The van der Waals surface area contributed by atoms with E-state index in [1.54, 1.807) is 6.20 Å². The van der Waals surface area contributed by atoms with Gasteiger partial charge in [0.2, 0.25) is 0 Å². The van der Waals surface area contributed by atoms with Gasteiger partial charge in [-0.25, -0.2) is 9.97 Å². The molecule has 0 aromatic carbocycles. The van der Waals surface area contributed by atoms with Crippen LogP contribution in [-0.4, -0.2) is 26.3 Å². The highest BCUT2D eigenvalue weighted by Gasteiger charge is 2.09. The predicted octanol–water partition coefficient (Wildman–Crippen LogP) is 2.88. The maximum atomic E-state index is 4.57. The van der Waals surface area contributed by atoms with Crippen molar-refractivity contribution in [1.82, 2.24) is 19.7 Å². The number of rotatable bonds is 6. The van der Waals surface area contributed by atoms with Gasteiger partial charge in [-0.1, -0.05) is 13.8 Å². The molecule has 0 saturated carbocycles. The summed E-state index contributed by atoms with van der Waals surface area (Å²) < 4.78 is 1.96. The Morgan fingerprint density at radius 1 is 1.21 bits per heavy atom. The van der Waals surface area contributed by atoms with Crippen molar-refractivity contribution in [2.24, 2.45) is 0 Å². The van der Waals surface area contributed by atoms with E-state index in [1.165, 1.54) is 0 Å². The van der Waals surface area contributed by atoms with Crippen LogP contribution in [0.15, 0.2) is 18.3 Å². The Labute approximate surface area is 114 Å². The maximum Gasteiger partial charge on any atom is 0.180 e. The van der Waals surface area contributed by atoms with Gasteiger partial charge in [0.25, 0.3) is 0 Å². The SMILES string of the molecule is CCCNc1cc(C)nc(-c2ccnn2CCC)n1. The van der Waals surface area contributed by atoms with Crippen LogP contribution in [0.1, 0.15) is 32.4 Å². The van der Waals surface area contributed by atoms with Gasteiger partial charge in [0.1, 0.15) is 11.5 Å². The summed E-state index contributed by atoms with van der Waals surface area (Å²) in [6.07, 6.45) is 3.92. The molecule has 2 heterocycles. The quantitative estimate of drug-likeness (QED) is 0.866. The fourth-order valence-corrected chi connectivity index (χ4v) is 1.94. The lowest BCUT2D eigenvalue weighted by molar-refractivity contribution is 0.606.